The molecule has 118 valence electrons. The number of hydrogen-bond acceptors (Lipinski definition) is 5. The third kappa shape index (κ3) is 9.97. The highest BCUT2D eigenvalue weighted by atomic mass is 16.5. The van der Waals surface area contributed by atoms with Crippen LogP contribution in [0.3, 0.4) is 0 Å². The van der Waals surface area contributed by atoms with E-state index in [1.807, 2.05) is 30.3 Å². The van der Waals surface area contributed by atoms with E-state index in [9.17, 15) is 4.79 Å². The Kier molecular flexibility index (Phi) is 10.3. The Morgan fingerprint density at radius 2 is 1.57 bits per heavy atom. The highest BCUT2D eigenvalue weighted by Crippen LogP contribution is 1.99. The van der Waals surface area contributed by atoms with Gasteiger partial charge in [-0.15, -0.1) is 0 Å². The van der Waals surface area contributed by atoms with Crippen molar-refractivity contribution in [2.45, 2.75) is 6.61 Å². The molecular weight excluding hydrogens is 272 g/mol. The molecule has 21 heavy (non-hydrogen) atoms. The van der Waals surface area contributed by atoms with Crippen LogP contribution in [0.5, 0.6) is 0 Å². The fourth-order valence-corrected chi connectivity index (χ4v) is 1.54. The SMILES string of the molecule is NCC(=O)NCCOCCOCCOCc1ccccc1. The van der Waals surface area contributed by atoms with Gasteiger partial charge in [0.25, 0.3) is 0 Å². The summed E-state index contributed by atoms with van der Waals surface area (Å²) in [5.74, 6) is -0.176. The van der Waals surface area contributed by atoms with Crippen molar-refractivity contribution < 1.29 is 19.0 Å². The molecule has 0 bridgehead atoms. The summed E-state index contributed by atoms with van der Waals surface area (Å²) in [6, 6.07) is 10.0. The zero-order valence-corrected chi connectivity index (χ0v) is 12.3. The van der Waals surface area contributed by atoms with E-state index in [4.69, 9.17) is 19.9 Å². The summed E-state index contributed by atoms with van der Waals surface area (Å²) in [4.78, 5) is 10.8. The normalized spacial score (nSPS) is 10.5. The number of carbonyl (C=O) groups excluding carboxylic acids is 1. The molecule has 0 unspecified atom stereocenters. The molecule has 0 saturated heterocycles. The summed E-state index contributed by atoms with van der Waals surface area (Å²) in [5.41, 5.74) is 6.30. The minimum absolute atomic E-state index is 0.00604. The lowest BCUT2D eigenvalue weighted by Gasteiger charge is -2.07. The van der Waals surface area contributed by atoms with Crippen LogP contribution in [-0.4, -0.2) is 52.0 Å². The molecule has 0 saturated carbocycles. The molecule has 1 amide bonds. The molecule has 0 atom stereocenters. The number of carbonyl (C=O) groups is 1. The lowest BCUT2D eigenvalue weighted by Crippen LogP contribution is -2.32. The first-order chi connectivity index (χ1) is 10.3. The van der Waals surface area contributed by atoms with Gasteiger partial charge in [-0.3, -0.25) is 4.79 Å². The zero-order chi connectivity index (χ0) is 15.2. The van der Waals surface area contributed by atoms with Crippen LogP contribution >= 0.6 is 0 Å². The quantitative estimate of drug-likeness (QED) is 0.543. The Morgan fingerprint density at radius 1 is 0.952 bits per heavy atom. The standard InChI is InChI=1S/C15H24N2O4/c16-12-15(18)17-6-7-19-8-9-20-10-11-21-13-14-4-2-1-3-5-14/h1-5H,6-13,16H2,(H,17,18). The molecule has 0 aromatic heterocycles. The third-order valence-corrected chi connectivity index (χ3v) is 2.61. The van der Waals surface area contributed by atoms with E-state index < -0.39 is 0 Å². The molecule has 0 radical (unpaired) electrons. The molecule has 0 aliphatic heterocycles. The molecule has 3 N–H and O–H groups in total. The van der Waals surface area contributed by atoms with Crippen LogP contribution in [0.1, 0.15) is 5.56 Å². The lowest BCUT2D eigenvalue weighted by molar-refractivity contribution is -0.120. The van der Waals surface area contributed by atoms with Gasteiger partial charge in [-0.25, -0.2) is 0 Å². The van der Waals surface area contributed by atoms with Crippen molar-refractivity contribution >= 4 is 5.91 Å². The van der Waals surface area contributed by atoms with Gasteiger partial charge in [-0.05, 0) is 5.56 Å². The fourth-order valence-electron chi connectivity index (χ4n) is 1.54. The predicted octanol–water partition coefficient (Wildman–Crippen LogP) is 0.311. The first kappa shape index (κ1) is 17.6. The molecule has 1 aromatic carbocycles. The van der Waals surface area contributed by atoms with Crippen molar-refractivity contribution in [2.75, 3.05) is 46.1 Å². The van der Waals surface area contributed by atoms with Crippen molar-refractivity contribution in [1.82, 2.24) is 5.32 Å². The Morgan fingerprint density at radius 3 is 2.24 bits per heavy atom. The van der Waals surface area contributed by atoms with E-state index in [0.29, 0.717) is 46.2 Å². The van der Waals surface area contributed by atoms with Gasteiger partial charge >= 0.3 is 0 Å². The Balaban J connectivity index is 1.80. The molecular formula is C15H24N2O4. The van der Waals surface area contributed by atoms with Gasteiger partial charge < -0.3 is 25.3 Å². The van der Waals surface area contributed by atoms with Crippen LogP contribution in [0.2, 0.25) is 0 Å². The summed E-state index contributed by atoms with van der Waals surface area (Å²) in [6.07, 6.45) is 0. The first-order valence-electron chi connectivity index (χ1n) is 7.07. The lowest BCUT2D eigenvalue weighted by atomic mass is 10.2. The van der Waals surface area contributed by atoms with Crippen LogP contribution in [0.15, 0.2) is 30.3 Å². The number of benzene rings is 1. The number of nitrogens with one attached hydrogen (secondary N) is 1. The highest BCUT2D eigenvalue weighted by molar-refractivity contribution is 5.77. The number of rotatable bonds is 12. The molecule has 0 fully saturated rings. The maximum atomic E-state index is 10.8. The smallest absolute Gasteiger partial charge is 0.233 e. The molecule has 1 rings (SSSR count). The average Bonchev–Trinajstić information content (AvgIpc) is 2.53. The van der Waals surface area contributed by atoms with E-state index in [2.05, 4.69) is 5.32 Å². The van der Waals surface area contributed by atoms with E-state index >= 15 is 0 Å². The van der Waals surface area contributed by atoms with E-state index in [1.54, 1.807) is 0 Å². The van der Waals surface area contributed by atoms with Crippen molar-refractivity contribution in [3.63, 3.8) is 0 Å². The van der Waals surface area contributed by atoms with Gasteiger partial charge in [0.05, 0.1) is 46.2 Å². The van der Waals surface area contributed by atoms with E-state index in [-0.39, 0.29) is 12.5 Å². The molecule has 1 aromatic rings. The number of hydrogen-bond donors (Lipinski definition) is 2. The second-order valence-corrected chi connectivity index (χ2v) is 4.32. The highest BCUT2D eigenvalue weighted by Gasteiger charge is 1.96. The number of ether oxygens (including phenoxy) is 3. The van der Waals surface area contributed by atoms with Crippen molar-refractivity contribution in [1.29, 1.82) is 0 Å². The molecule has 6 nitrogen and oxygen atoms in total. The van der Waals surface area contributed by atoms with E-state index in [0.717, 1.165) is 5.56 Å². The Labute approximate surface area is 125 Å². The zero-order valence-electron chi connectivity index (χ0n) is 12.3. The fraction of sp³-hybridized carbons (Fsp3) is 0.533. The van der Waals surface area contributed by atoms with Gasteiger partial charge in [-0.1, -0.05) is 30.3 Å². The number of amides is 1. The molecule has 0 aliphatic rings. The van der Waals surface area contributed by atoms with E-state index in [1.165, 1.54) is 0 Å². The van der Waals surface area contributed by atoms with Crippen LogP contribution < -0.4 is 11.1 Å². The van der Waals surface area contributed by atoms with Crippen LogP contribution in [0.4, 0.5) is 0 Å². The second kappa shape index (κ2) is 12.3. The van der Waals surface area contributed by atoms with Crippen molar-refractivity contribution in [3.05, 3.63) is 35.9 Å². The third-order valence-electron chi connectivity index (χ3n) is 2.61. The monoisotopic (exact) mass is 296 g/mol. The minimum atomic E-state index is -0.176. The maximum absolute atomic E-state index is 10.8. The van der Waals surface area contributed by atoms with Crippen LogP contribution in [0.25, 0.3) is 0 Å². The second-order valence-electron chi connectivity index (χ2n) is 4.32. The number of nitrogens with two attached hydrogens (primary N) is 1. The topological polar surface area (TPSA) is 82.8 Å². The molecule has 0 aliphatic carbocycles. The van der Waals surface area contributed by atoms with Gasteiger partial charge in [0.15, 0.2) is 0 Å². The molecule has 0 spiro atoms. The molecule has 6 heteroatoms. The molecule has 0 heterocycles. The Hall–Kier alpha value is -1.47. The van der Waals surface area contributed by atoms with Crippen LogP contribution in [-0.2, 0) is 25.6 Å². The van der Waals surface area contributed by atoms with Crippen molar-refractivity contribution in [2.24, 2.45) is 5.73 Å². The first-order valence-corrected chi connectivity index (χ1v) is 7.07. The summed E-state index contributed by atoms with van der Waals surface area (Å²) < 4.78 is 16.1. The maximum Gasteiger partial charge on any atom is 0.233 e. The largest absolute Gasteiger partial charge is 0.377 e. The predicted molar refractivity (Wildman–Crippen MR) is 79.8 cm³/mol. The average molecular weight is 296 g/mol. The van der Waals surface area contributed by atoms with Gasteiger partial charge in [0, 0.05) is 6.54 Å². The van der Waals surface area contributed by atoms with Gasteiger partial charge in [0.1, 0.15) is 0 Å². The van der Waals surface area contributed by atoms with Crippen molar-refractivity contribution in [3.8, 4) is 0 Å². The summed E-state index contributed by atoms with van der Waals surface area (Å²) >= 11 is 0. The summed E-state index contributed by atoms with van der Waals surface area (Å²) in [5, 5.41) is 2.62. The van der Waals surface area contributed by atoms with Gasteiger partial charge in [-0.2, -0.15) is 0 Å². The minimum Gasteiger partial charge on any atom is -0.377 e. The summed E-state index contributed by atoms with van der Waals surface area (Å²) in [7, 11) is 0. The Bertz CT molecular complexity index is 373. The van der Waals surface area contributed by atoms with Gasteiger partial charge in [0.2, 0.25) is 5.91 Å². The van der Waals surface area contributed by atoms with Crippen LogP contribution in [0, 0.1) is 0 Å². The summed E-state index contributed by atoms with van der Waals surface area (Å²) in [6.45, 7) is 3.64.